The van der Waals surface area contributed by atoms with Crippen LogP contribution in [0.5, 0.6) is 5.75 Å². The van der Waals surface area contributed by atoms with Crippen LogP contribution in [0.2, 0.25) is 0 Å². The van der Waals surface area contributed by atoms with Gasteiger partial charge in [-0.25, -0.2) is 4.98 Å². The van der Waals surface area contributed by atoms with Gasteiger partial charge in [0.15, 0.2) is 0 Å². The van der Waals surface area contributed by atoms with Crippen LogP contribution in [0.4, 0.5) is 0 Å². The Morgan fingerprint density at radius 2 is 2.35 bits per heavy atom. The maximum absolute atomic E-state index is 6.29. The first-order valence-electron chi connectivity index (χ1n) is 5.74. The molecule has 0 bridgehead atoms. The standard InChI is InChI=1S/C13H15N3O/c1-16-8-15-7-11(16)12(14)10-4-2-3-9-5-6-17-13(9)10/h2-4,7-8,12H,5-6,14H2,1H3. The quantitative estimate of drug-likeness (QED) is 0.847. The van der Waals surface area contributed by atoms with Gasteiger partial charge in [0.1, 0.15) is 5.75 Å². The van der Waals surface area contributed by atoms with Crippen LogP contribution in [0.3, 0.4) is 0 Å². The van der Waals surface area contributed by atoms with E-state index in [1.807, 2.05) is 23.7 Å². The molecule has 1 aliphatic rings. The number of hydrogen-bond donors (Lipinski definition) is 1. The van der Waals surface area contributed by atoms with Gasteiger partial charge >= 0.3 is 0 Å². The first-order chi connectivity index (χ1) is 8.27. The van der Waals surface area contributed by atoms with Crippen LogP contribution in [-0.4, -0.2) is 16.2 Å². The summed E-state index contributed by atoms with van der Waals surface area (Å²) in [5.41, 5.74) is 9.58. The zero-order chi connectivity index (χ0) is 11.8. The van der Waals surface area contributed by atoms with Crippen molar-refractivity contribution in [2.24, 2.45) is 12.8 Å². The third-order valence-corrected chi connectivity index (χ3v) is 3.25. The lowest BCUT2D eigenvalue weighted by molar-refractivity contribution is 0.352. The maximum atomic E-state index is 6.29. The number of para-hydroxylation sites is 1. The SMILES string of the molecule is Cn1cncc1C(N)c1cccc2c1OCC2. The zero-order valence-electron chi connectivity index (χ0n) is 9.76. The number of imidazole rings is 1. The first-order valence-corrected chi connectivity index (χ1v) is 5.74. The molecule has 88 valence electrons. The minimum atomic E-state index is -0.185. The van der Waals surface area contributed by atoms with E-state index < -0.39 is 0 Å². The summed E-state index contributed by atoms with van der Waals surface area (Å²) < 4.78 is 7.62. The molecule has 1 aromatic carbocycles. The topological polar surface area (TPSA) is 53.1 Å². The lowest BCUT2D eigenvalue weighted by Gasteiger charge is -2.15. The minimum Gasteiger partial charge on any atom is -0.493 e. The Labute approximate surface area is 100 Å². The van der Waals surface area contributed by atoms with Crippen molar-refractivity contribution in [2.45, 2.75) is 12.5 Å². The summed E-state index contributed by atoms with van der Waals surface area (Å²) in [5, 5.41) is 0. The molecule has 1 aliphatic heterocycles. The van der Waals surface area contributed by atoms with E-state index in [0.29, 0.717) is 0 Å². The average molecular weight is 229 g/mol. The van der Waals surface area contributed by atoms with Gasteiger partial charge in [0.05, 0.1) is 30.9 Å². The molecule has 0 aliphatic carbocycles. The van der Waals surface area contributed by atoms with Gasteiger partial charge in [-0.15, -0.1) is 0 Å². The van der Waals surface area contributed by atoms with Crippen molar-refractivity contribution in [3.05, 3.63) is 47.5 Å². The molecule has 2 aromatic rings. The van der Waals surface area contributed by atoms with Crippen molar-refractivity contribution >= 4 is 0 Å². The number of ether oxygens (including phenoxy) is 1. The number of hydrogen-bond acceptors (Lipinski definition) is 3. The Kier molecular flexibility index (Phi) is 2.37. The Bertz CT molecular complexity index is 547. The smallest absolute Gasteiger partial charge is 0.127 e. The molecule has 4 nitrogen and oxygen atoms in total. The van der Waals surface area contributed by atoms with Crippen molar-refractivity contribution in [1.82, 2.24) is 9.55 Å². The highest BCUT2D eigenvalue weighted by Crippen LogP contribution is 2.34. The molecule has 2 N–H and O–H groups in total. The molecule has 0 saturated carbocycles. The van der Waals surface area contributed by atoms with Gasteiger partial charge in [-0.1, -0.05) is 18.2 Å². The van der Waals surface area contributed by atoms with E-state index in [-0.39, 0.29) is 6.04 Å². The number of rotatable bonds is 2. The highest BCUT2D eigenvalue weighted by atomic mass is 16.5. The summed E-state index contributed by atoms with van der Waals surface area (Å²) in [5.74, 6) is 0.959. The van der Waals surface area contributed by atoms with E-state index in [1.54, 1.807) is 12.5 Å². The van der Waals surface area contributed by atoms with Gasteiger partial charge in [0, 0.05) is 19.0 Å². The highest BCUT2D eigenvalue weighted by Gasteiger charge is 2.22. The molecule has 3 rings (SSSR count). The highest BCUT2D eigenvalue weighted by molar-refractivity contribution is 5.47. The fourth-order valence-electron chi connectivity index (χ4n) is 2.31. The summed E-state index contributed by atoms with van der Waals surface area (Å²) in [6.07, 6.45) is 4.54. The fourth-order valence-corrected chi connectivity index (χ4v) is 2.31. The summed E-state index contributed by atoms with van der Waals surface area (Å²) in [4.78, 5) is 4.10. The third kappa shape index (κ3) is 1.61. The van der Waals surface area contributed by atoms with Gasteiger partial charge in [-0.3, -0.25) is 0 Å². The lowest BCUT2D eigenvalue weighted by Crippen LogP contribution is -2.16. The molecular formula is C13H15N3O. The van der Waals surface area contributed by atoms with E-state index in [0.717, 1.165) is 30.0 Å². The lowest BCUT2D eigenvalue weighted by atomic mass is 10.0. The van der Waals surface area contributed by atoms with E-state index in [4.69, 9.17) is 10.5 Å². The minimum absolute atomic E-state index is 0.185. The van der Waals surface area contributed by atoms with Crippen LogP contribution >= 0.6 is 0 Å². The number of nitrogens with two attached hydrogens (primary N) is 1. The second kappa shape index (κ2) is 3.89. The Morgan fingerprint density at radius 1 is 1.47 bits per heavy atom. The van der Waals surface area contributed by atoms with Crippen molar-refractivity contribution in [2.75, 3.05) is 6.61 Å². The molecule has 1 unspecified atom stereocenters. The predicted octanol–water partition coefficient (Wildman–Crippen LogP) is 1.40. The Morgan fingerprint density at radius 3 is 3.12 bits per heavy atom. The van der Waals surface area contributed by atoms with Crippen molar-refractivity contribution in [3.8, 4) is 5.75 Å². The molecule has 0 fully saturated rings. The molecule has 0 radical (unpaired) electrons. The third-order valence-electron chi connectivity index (χ3n) is 3.25. The van der Waals surface area contributed by atoms with E-state index in [9.17, 15) is 0 Å². The number of aromatic nitrogens is 2. The van der Waals surface area contributed by atoms with Gasteiger partial charge < -0.3 is 15.0 Å². The van der Waals surface area contributed by atoms with Gasteiger partial charge in [-0.2, -0.15) is 0 Å². The summed E-state index contributed by atoms with van der Waals surface area (Å²) in [7, 11) is 1.95. The van der Waals surface area contributed by atoms with Crippen molar-refractivity contribution in [1.29, 1.82) is 0 Å². The van der Waals surface area contributed by atoms with E-state index in [1.165, 1.54) is 5.56 Å². The van der Waals surface area contributed by atoms with Gasteiger partial charge in [0.2, 0.25) is 0 Å². The molecule has 0 amide bonds. The van der Waals surface area contributed by atoms with Crippen molar-refractivity contribution in [3.63, 3.8) is 0 Å². The van der Waals surface area contributed by atoms with Crippen molar-refractivity contribution < 1.29 is 4.74 Å². The van der Waals surface area contributed by atoms with Crippen LogP contribution in [0.25, 0.3) is 0 Å². The van der Waals surface area contributed by atoms with Crippen LogP contribution in [0.15, 0.2) is 30.7 Å². The van der Waals surface area contributed by atoms with Crippen LogP contribution in [-0.2, 0) is 13.5 Å². The average Bonchev–Trinajstić information content (AvgIpc) is 2.95. The van der Waals surface area contributed by atoms with Crippen LogP contribution < -0.4 is 10.5 Å². The first kappa shape index (κ1) is 10.4. The molecule has 17 heavy (non-hydrogen) atoms. The molecule has 4 heteroatoms. The fraction of sp³-hybridized carbons (Fsp3) is 0.308. The number of aryl methyl sites for hydroxylation is 1. The normalized spacial score (nSPS) is 15.4. The molecule has 1 atom stereocenters. The molecular weight excluding hydrogens is 214 g/mol. The molecule has 0 saturated heterocycles. The summed E-state index contributed by atoms with van der Waals surface area (Å²) in [6, 6.07) is 5.98. The largest absolute Gasteiger partial charge is 0.493 e. The second-order valence-corrected chi connectivity index (χ2v) is 4.34. The van der Waals surface area contributed by atoms with Crippen LogP contribution in [0, 0.1) is 0 Å². The molecule has 0 spiro atoms. The van der Waals surface area contributed by atoms with Gasteiger partial charge in [-0.05, 0) is 5.56 Å². The predicted molar refractivity (Wildman–Crippen MR) is 64.9 cm³/mol. The zero-order valence-corrected chi connectivity index (χ0v) is 9.76. The maximum Gasteiger partial charge on any atom is 0.127 e. The van der Waals surface area contributed by atoms with Crippen LogP contribution in [0.1, 0.15) is 22.9 Å². The Hall–Kier alpha value is -1.81. The van der Waals surface area contributed by atoms with Gasteiger partial charge in [0.25, 0.3) is 0 Å². The van der Waals surface area contributed by atoms with E-state index >= 15 is 0 Å². The summed E-state index contributed by atoms with van der Waals surface area (Å²) in [6.45, 7) is 0.754. The van der Waals surface area contributed by atoms with E-state index in [2.05, 4.69) is 11.1 Å². The number of nitrogens with zero attached hydrogens (tertiary/aromatic N) is 2. The summed E-state index contributed by atoms with van der Waals surface area (Å²) >= 11 is 0. The number of benzene rings is 1. The molecule has 1 aromatic heterocycles. The monoisotopic (exact) mass is 229 g/mol. The Balaban J connectivity index is 2.05. The number of fused-ring (bicyclic) bond motifs is 1. The second-order valence-electron chi connectivity index (χ2n) is 4.34. The molecule has 2 heterocycles.